The van der Waals surface area contributed by atoms with Crippen LogP contribution >= 0.6 is 15.9 Å². The number of hydrogen-bond donors (Lipinski definition) is 2. The molecule has 0 saturated heterocycles. The maximum atomic E-state index is 13.5. The Labute approximate surface area is 100 Å². The molecular weight excluding hydrogens is 275 g/mol. The first kappa shape index (κ1) is 11.3. The van der Waals surface area contributed by atoms with Gasteiger partial charge in [-0.15, -0.1) is 0 Å². The minimum atomic E-state index is -0.303. The normalized spacial score (nSPS) is 10.7. The average Bonchev–Trinajstić information content (AvgIpc) is 2.71. The van der Waals surface area contributed by atoms with E-state index in [0.29, 0.717) is 23.5 Å². The van der Waals surface area contributed by atoms with Crippen molar-refractivity contribution in [1.29, 1.82) is 0 Å². The molecular formula is C11H10BrFN2O. The zero-order chi connectivity index (χ0) is 11.5. The molecule has 1 aromatic heterocycles. The van der Waals surface area contributed by atoms with E-state index in [9.17, 15) is 4.39 Å². The Morgan fingerprint density at radius 1 is 1.44 bits per heavy atom. The number of aliphatic hydroxyl groups excluding tert-OH is 1. The van der Waals surface area contributed by atoms with Gasteiger partial charge in [0, 0.05) is 16.5 Å². The number of H-pyrrole nitrogens is 1. The Morgan fingerprint density at radius 3 is 3.00 bits per heavy atom. The number of aliphatic hydroxyl groups is 1. The third kappa shape index (κ3) is 2.31. The van der Waals surface area contributed by atoms with E-state index in [2.05, 4.69) is 25.9 Å². The summed E-state index contributed by atoms with van der Waals surface area (Å²) in [5, 5.41) is 8.76. The minimum absolute atomic E-state index is 0.0217. The van der Waals surface area contributed by atoms with Crippen LogP contribution in [0.1, 0.15) is 5.82 Å². The van der Waals surface area contributed by atoms with E-state index < -0.39 is 0 Å². The third-order valence-electron chi connectivity index (χ3n) is 2.20. The van der Waals surface area contributed by atoms with Crippen molar-refractivity contribution in [2.24, 2.45) is 0 Å². The van der Waals surface area contributed by atoms with Crippen molar-refractivity contribution in [3.8, 4) is 11.3 Å². The van der Waals surface area contributed by atoms with Gasteiger partial charge in [0.05, 0.1) is 18.5 Å². The van der Waals surface area contributed by atoms with Crippen LogP contribution in [0.25, 0.3) is 11.3 Å². The molecule has 1 heterocycles. The molecule has 0 aliphatic rings. The molecule has 2 aromatic rings. The molecule has 2 N–H and O–H groups in total. The second-order valence-electron chi connectivity index (χ2n) is 3.34. The fourth-order valence-corrected chi connectivity index (χ4v) is 1.80. The number of halogens is 2. The highest BCUT2D eigenvalue weighted by Crippen LogP contribution is 2.24. The zero-order valence-electron chi connectivity index (χ0n) is 8.37. The van der Waals surface area contributed by atoms with Crippen molar-refractivity contribution < 1.29 is 9.50 Å². The molecule has 0 fully saturated rings. The number of benzene rings is 1. The van der Waals surface area contributed by atoms with Gasteiger partial charge in [-0.25, -0.2) is 9.37 Å². The molecule has 0 bridgehead atoms. The fourth-order valence-electron chi connectivity index (χ4n) is 1.44. The highest BCUT2D eigenvalue weighted by atomic mass is 79.9. The van der Waals surface area contributed by atoms with Gasteiger partial charge in [0.15, 0.2) is 0 Å². The third-order valence-corrected chi connectivity index (χ3v) is 2.69. The van der Waals surface area contributed by atoms with Gasteiger partial charge in [-0.1, -0.05) is 15.9 Å². The Morgan fingerprint density at radius 2 is 2.25 bits per heavy atom. The molecule has 2 rings (SSSR count). The molecule has 0 aliphatic carbocycles. The van der Waals surface area contributed by atoms with Crippen LogP contribution in [0, 0.1) is 5.82 Å². The van der Waals surface area contributed by atoms with Crippen molar-refractivity contribution >= 4 is 15.9 Å². The molecule has 0 radical (unpaired) electrons. The predicted octanol–water partition coefficient (Wildman–Crippen LogP) is 2.51. The number of nitrogens with one attached hydrogen (secondary N) is 1. The summed E-state index contributed by atoms with van der Waals surface area (Å²) in [4.78, 5) is 7.02. The Kier molecular flexibility index (Phi) is 3.36. The van der Waals surface area contributed by atoms with Gasteiger partial charge in [0.25, 0.3) is 0 Å². The van der Waals surface area contributed by atoms with Crippen LogP contribution in [0.2, 0.25) is 0 Å². The summed E-state index contributed by atoms with van der Waals surface area (Å²) in [5.74, 6) is 0.347. The average molecular weight is 285 g/mol. The molecule has 0 unspecified atom stereocenters. The van der Waals surface area contributed by atoms with E-state index in [1.54, 1.807) is 18.3 Å². The molecule has 84 valence electrons. The highest BCUT2D eigenvalue weighted by Gasteiger charge is 2.08. The number of imidazole rings is 1. The SMILES string of the molecule is OCCc1ncc(-c2cc(Br)ccc2F)[nH]1. The Hall–Kier alpha value is -1.20. The van der Waals surface area contributed by atoms with Crippen molar-refractivity contribution in [2.45, 2.75) is 6.42 Å². The molecule has 16 heavy (non-hydrogen) atoms. The van der Waals surface area contributed by atoms with Gasteiger partial charge in [0.1, 0.15) is 11.6 Å². The first-order chi connectivity index (χ1) is 7.70. The Balaban J connectivity index is 2.38. The van der Waals surface area contributed by atoms with Crippen molar-refractivity contribution in [3.63, 3.8) is 0 Å². The van der Waals surface area contributed by atoms with Crippen molar-refractivity contribution in [2.75, 3.05) is 6.61 Å². The molecule has 0 amide bonds. The van der Waals surface area contributed by atoms with Crippen LogP contribution in [-0.4, -0.2) is 21.7 Å². The summed E-state index contributed by atoms with van der Waals surface area (Å²) < 4.78 is 14.3. The molecule has 0 atom stereocenters. The first-order valence-corrected chi connectivity index (χ1v) is 5.60. The van der Waals surface area contributed by atoms with E-state index in [0.717, 1.165) is 4.47 Å². The van der Waals surface area contributed by atoms with E-state index in [-0.39, 0.29) is 12.4 Å². The van der Waals surface area contributed by atoms with Crippen LogP contribution in [0.15, 0.2) is 28.9 Å². The van der Waals surface area contributed by atoms with Gasteiger partial charge in [-0.2, -0.15) is 0 Å². The number of rotatable bonds is 3. The topological polar surface area (TPSA) is 48.9 Å². The number of nitrogens with zero attached hydrogens (tertiary/aromatic N) is 1. The van der Waals surface area contributed by atoms with E-state index >= 15 is 0 Å². The van der Waals surface area contributed by atoms with Crippen molar-refractivity contribution in [1.82, 2.24) is 9.97 Å². The molecule has 0 spiro atoms. The van der Waals surface area contributed by atoms with Crippen LogP contribution < -0.4 is 0 Å². The lowest BCUT2D eigenvalue weighted by Crippen LogP contribution is -1.92. The summed E-state index contributed by atoms with van der Waals surface area (Å²) in [6, 6.07) is 4.72. The summed E-state index contributed by atoms with van der Waals surface area (Å²) in [6.07, 6.45) is 2.01. The molecule has 1 aromatic carbocycles. The summed E-state index contributed by atoms with van der Waals surface area (Å²) >= 11 is 3.29. The van der Waals surface area contributed by atoms with Gasteiger partial charge >= 0.3 is 0 Å². The predicted molar refractivity (Wildman–Crippen MR) is 62.5 cm³/mol. The summed E-state index contributed by atoms with van der Waals surface area (Å²) in [7, 11) is 0. The van der Waals surface area contributed by atoms with E-state index in [1.165, 1.54) is 6.07 Å². The maximum Gasteiger partial charge on any atom is 0.132 e. The van der Waals surface area contributed by atoms with E-state index in [1.807, 2.05) is 0 Å². The largest absolute Gasteiger partial charge is 0.396 e. The zero-order valence-corrected chi connectivity index (χ0v) is 9.96. The standard InChI is InChI=1S/C11H10BrFN2O/c12-7-1-2-9(13)8(5-7)10-6-14-11(15-10)3-4-16/h1-2,5-6,16H,3-4H2,(H,14,15). The lowest BCUT2D eigenvalue weighted by molar-refractivity contribution is 0.297. The number of hydrogen-bond acceptors (Lipinski definition) is 2. The van der Waals surface area contributed by atoms with Crippen LogP contribution in [-0.2, 0) is 6.42 Å². The molecule has 0 aliphatic heterocycles. The van der Waals surface area contributed by atoms with Gasteiger partial charge in [-0.05, 0) is 18.2 Å². The molecule has 5 heteroatoms. The van der Waals surface area contributed by atoms with Crippen molar-refractivity contribution in [3.05, 3.63) is 40.5 Å². The first-order valence-electron chi connectivity index (χ1n) is 4.81. The molecule has 0 saturated carbocycles. The summed E-state index contributed by atoms with van der Waals surface area (Å²) in [6.45, 7) is 0.0217. The lowest BCUT2D eigenvalue weighted by atomic mass is 10.1. The quantitative estimate of drug-likeness (QED) is 0.910. The Bertz CT molecular complexity index is 498. The van der Waals surface area contributed by atoms with Crippen LogP contribution in [0.4, 0.5) is 4.39 Å². The smallest absolute Gasteiger partial charge is 0.132 e. The van der Waals surface area contributed by atoms with Crippen LogP contribution in [0.3, 0.4) is 0 Å². The number of aromatic amines is 1. The fraction of sp³-hybridized carbons (Fsp3) is 0.182. The molecule has 3 nitrogen and oxygen atoms in total. The van der Waals surface area contributed by atoms with E-state index in [4.69, 9.17) is 5.11 Å². The lowest BCUT2D eigenvalue weighted by Gasteiger charge is -2.00. The van der Waals surface area contributed by atoms with Crippen LogP contribution in [0.5, 0.6) is 0 Å². The monoisotopic (exact) mass is 284 g/mol. The second-order valence-corrected chi connectivity index (χ2v) is 4.26. The highest BCUT2D eigenvalue weighted by molar-refractivity contribution is 9.10. The van der Waals surface area contributed by atoms with Gasteiger partial charge in [-0.3, -0.25) is 0 Å². The second kappa shape index (κ2) is 4.76. The maximum absolute atomic E-state index is 13.5. The van der Waals surface area contributed by atoms with Gasteiger partial charge < -0.3 is 10.1 Å². The number of aromatic nitrogens is 2. The summed E-state index contributed by atoms with van der Waals surface area (Å²) in [5.41, 5.74) is 1.08. The minimum Gasteiger partial charge on any atom is -0.396 e. The van der Waals surface area contributed by atoms with Gasteiger partial charge in [0.2, 0.25) is 0 Å².